The molecule has 1 aromatic heterocycles. The van der Waals surface area contributed by atoms with Gasteiger partial charge in [0.05, 0.1) is 30.3 Å². The van der Waals surface area contributed by atoms with E-state index >= 15 is 0 Å². The minimum atomic E-state index is -0.415. The summed E-state index contributed by atoms with van der Waals surface area (Å²) in [6.07, 6.45) is 0.503. The van der Waals surface area contributed by atoms with Crippen LogP contribution in [0.15, 0.2) is 77.6 Å². The number of hydrogen-bond donors (Lipinski definition) is 2. The second-order valence-corrected chi connectivity index (χ2v) is 8.90. The van der Waals surface area contributed by atoms with Crippen LogP contribution >= 0.6 is 0 Å². The van der Waals surface area contributed by atoms with Gasteiger partial charge in [-0.05, 0) is 55.8 Å². The predicted octanol–water partition coefficient (Wildman–Crippen LogP) is 3.72. The number of benzene rings is 3. The number of fused-ring (bicyclic) bond motifs is 1. The second kappa shape index (κ2) is 11.7. The molecule has 8 nitrogen and oxygen atoms in total. The van der Waals surface area contributed by atoms with Gasteiger partial charge in [0.15, 0.2) is 0 Å². The molecule has 8 heteroatoms. The lowest BCUT2D eigenvalue weighted by atomic mass is 10.0. The molecular formula is C29H32N4O4. The van der Waals surface area contributed by atoms with E-state index in [4.69, 9.17) is 20.3 Å². The number of nitrogens with two attached hydrogens (primary N) is 1. The number of amides is 1. The molecule has 1 heterocycles. The normalized spacial score (nSPS) is 12.7. The smallest absolute Gasteiger partial charge is 0.275 e. The van der Waals surface area contributed by atoms with Crippen molar-refractivity contribution in [2.75, 3.05) is 20.3 Å². The first-order chi connectivity index (χ1) is 17.9. The summed E-state index contributed by atoms with van der Waals surface area (Å²) in [5.74, 6) is 0.949. The monoisotopic (exact) mass is 500 g/mol. The number of hydrogen-bond acceptors (Lipinski definition) is 6. The summed E-state index contributed by atoms with van der Waals surface area (Å²) < 4.78 is 12.9. The largest absolute Gasteiger partial charge is 0.497 e. The Hall–Kier alpha value is -4.17. The van der Waals surface area contributed by atoms with Crippen LogP contribution in [0.1, 0.15) is 25.5 Å². The summed E-state index contributed by atoms with van der Waals surface area (Å²) in [6, 6.07) is 22.0. The summed E-state index contributed by atoms with van der Waals surface area (Å²) in [5, 5.41) is 9.15. The molecule has 0 aliphatic rings. The summed E-state index contributed by atoms with van der Waals surface area (Å²) in [4.78, 5) is 25.0. The average Bonchev–Trinajstić information content (AvgIpc) is 2.92. The van der Waals surface area contributed by atoms with E-state index in [1.807, 2.05) is 74.5 Å². The van der Waals surface area contributed by atoms with Gasteiger partial charge in [-0.1, -0.05) is 49.4 Å². The molecule has 4 rings (SSSR count). The van der Waals surface area contributed by atoms with Crippen molar-refractivity contribution in [1.82, 2.24) is 15.1 Å². The van der Waals surface area contributed by atoms with Crippen molar-refractivity contribution in [3.63, 3.8) is 0 Å². The Kier molecular flexibility index (Phi) is 8.20. The number of likely N-dealkylation sites (N-methyl/N-ethyl adjacent to an activating group) is 1. The quantitative estimate of drug-likeness (QED) is 0.325. The van der Waals surface area contributed by atoms with Crippen molar-refractivity contribution in [3.05, 3.63) is 88.7 Å². The van der Waals surface area contributed by atoms with Crippen LogP contribution in [0.2, 0.25) is 0 Å². The van der Waals surface area contributed by atoms with E-state index in [9.17, 15) is 9.59 Å². The molecule has 0 radical (unpaired) electrons. The fourth-order valence-electron chi connectivity index (χ4n) is 4.24. The Morgan fingerprint density at radius 3 is 2.38 bits per heavy atom. The van der Waals surface area contributed by atoms with Crippen LogP contribution in [0, 0.1) is 0 Å². The van der Waals surface area contributed by atoms with Crippen LogP contribution in [-0.4, -0.2) is 42.0 Å². The zero-order chi connectivity index (χ0) is 26.4. The van der Waals surface area contributed by atoms with E-state index in [0.29, 0.717) is 35.5 Å². The van der Waals surface area contributed by atoms with Crippen molar-refractivity contribution in [1.29, 1.82) is 0 Å². The lowest BCUT2D eigenvalue weighted by molar-refractivity contribution is -0.120. The molecule has 0 fully saturated rings. The van der Waals surface area contributed by atoms with Gasteiger partial charge < -0.3 is 20.5 Å². The van der Waals surface area contributed by atoms with Crippen LogP contribution < -0.4 is 26.1 Å². The number of methoxy groups -OCH3 is 1. The van der Waals surface area contributed by atoms with Gasteiger partial charge in [0.1, 0.15) is 18.1 Å². The van der Waals surface area contributed by atoms with E-state index in [2.05, 4.69) is 5.32 Å². The first-order valence-corrected chi connectivity index (χ1v) is 12.3. The van der Waals surface area contributed by atoms with Gasteiger partial charge in [-0.2, -0.15) is 5.10 Å². The van der Waals surface area contributed by atoms with Crippen molar-refractivity contribution in [2.24, 2.45) is 5.73 Å². The number of nitrogens with zero attached hydrogens (tertiary/aromatic N) is 2. The summed E-state index contributed by atoms with van der Waals surface area (Å²) in [7, 11) is 1.60. The maximum atomic E-state index is 13.4. The number of rotatable bonds is 11. The molecule has 2 unspecified atom stereocenters. The van der Waals surface area contributed by atoms with E-state index < -0.39 is 6.04 Å². The van der Waals surface area contributed by atoms with Gasteiger partial charge in [-0.15, -0.1) is 0 Å². The van der Waals surface area contributed by atoms with Crippen LogP contribution in [0.25, 0.3) is 22.0 Å². The van der Waals surface area contributed by atoms with Crippen molar-refractivity contribution < 1.29 is 14.3 Å². The number of aromatic nitrogens is 2. The Labute approximate surface area is 216 Å². The molecule has 192 valence electrons. The zero-order valence-corrected chi connectivity index (χ0v) is 21.3. The highest BCUT2D eigenvalue weighted by atomic mass is 16.5. The van der Waals surface area contributed by atoms with Gasteiger partial charge in [0.25, 0.3) is 5.56 Å². The molecule has 0 spiro atoms. The van der Waals surface area contributed by atoms with Gasteiger partial charge in [-0.25, -0.2) is 4.68 Å². The first kappa shape index (κ1) is 25.9. The van der Waals surface area contributed by atoms with Gasteiger partial charge in [0.2, 0.25) is 5.91 Å². The molecule has 3 N–H and O–H groups in total. The van der Waals surface area contributed by atoms with Crippen LogP contribution in [-0.2, 0) is 11.2 Å². The van der Waals surface area contributed by atoms with Crippen molar-refractivity contribution in [3.8, 4) is 22.8 Å². The molecule has 0 saturated heterocycles. The average molecular weight is 501 g/mol. The molecule has 1 amide bonds. The Bertz CT molecular complexity index is 1420. The van der Waals surface area contributed by atoms with Gasteiger partial charge in [-0.3, -0.25) is 9.59 Å². The van der Waals surface area contributed by atoms with E-state index in [1.165, 1.54) is 4.68 Å². The van der Waals surface area contributed by atoms with Crippen LogP contribution in [0.4, 0.5) is 0 Å². The van der Waals surface area contributed by atoms with Crippen LogP contribution in [0.3, 0.4) is 0 Å². The SMILES string of the molecule is CCNC(Cc1ccc(OCC(C)n2nc(-c3ccccc3)c3cc(OC)ccc3c2=O)cc1)C(N)=O. The number of carbonyl (C=O) groups is 1. The third kappa shape index (κ3) is 5.98. The summed E-state index contributed by atoms with van der Waals surface area (Å²) in [5.41, 5.74) is 7.87. The van der Waals surface area contributed by atoms with Gasteiger partial charge in [0, 0.05) is 10.9 Å². The first-order valence-electron chi connectivity index (χ1n) is 12.3. The predicted molar refractivity (Wildman–Crippen MR) is 145 cm³/mol. The number of nitrogens with one attached hydrogen (secondary N) is 1. The fraction of sp³-hybridized carbons (Fsp3) is 0.276. The molecule has 3 aromatic carbocycles. The van der Waals surface area contributed by atoms with Crippen LogP contribution in [0.5, 0.6) is 11.5 Å². The fourth-order valence-corrected chi connectivity index (χ4v) is 4.24. The van der Waals surface area contributed by atoms with Crippen molar-refractivity contribution >= 4 is 16.7 Å². The molecule has 2 atom stereocenters. The maximum absolute atomic E-state index is 13.4. The van der Waals surface area contributed by atoms with E-state index in [0.717, 1.165) is 16.5 Å². The Morgan fingerprint density at radius 1 is 1.03 bits per heavy atom. The molecule has 0 bridgehead atoms. The lowest BCUT2D eigenvalue weighted by Gasteiger charge is -2.18. The zero-order valence-electron chi connectivity index (χ0n) is 21.3. The molecule has 0 aliphatic carbocycles. The minimum absolute atomic E-state index is 0.190. The molecule has 37 heavy (non-hydrogen) atoms. The third-order valence-electron chi connectivity index (χ3n) is 6.24. The van der Waals surface area contributed by atoms with E-state index in [1.54, 1.807) is 19.2 Å². The highest BCUT2D eigenvalue weighted by Gasteiger charge is 2.18. The summed E-state index contributed by atoms with van der Waals surface area (Å²) in [6.45, 7) is 4.75. The van der Waals surface area contributed by atoms with Crippen molar-refractivity contribution in [2.45, 2.75) is 32.4 Å². The molecule has 0 aliphatic heterocycles. The molecule has 4 aromatic rings. The maximum Gasteiger partial charge on any atom is 0.275 e. The number of primary amides is 1. The van der Waals surface area contributed by atoms with E-state index in [-0.39, 0.29) is 24.1 Å². The topological polar surface area (TPSA) is 108 Å². The highest BCUT2D eigenvalue weighted by molar-refractivity contribution is 5.94. The molecule has 0 saturated carbocycles. The second-order valence-electron chi connectivity index (χ2n) is 8.90. The Balaban J connectivity index is 1.56. The molecular weight excluding hydrogens is 468 g/mol. The Morgan fingerprint density at radius 2 is 1.73 bits per heavy atom. The number of carbonyl (C=O) groups excluding carboxylic acids is 1. The van der Waals surface area contributed by atoms with Gasteiger partial charge >= 0.3 is 0 Å². The lowest BCUT2D eigenvalue weighted by Crippen LogP contribution is -2.42. The standard InChI is InChI=1S/C29H32N4O4/c1-4-31-26(28(30)34)16-20-10-12-22(13-11-20)37-18-19(2)33-29(35)24-15-14-23(36-3)17-25(24)27(32-33)21-8-6-5-7-9-21/h5-15,17,19,26,31H,4,16,18H2,1-3H3,(H2,30,34). The number of ether oxygens (including phenoxy) is 2. The third-order valence-corrected chi connectivity index (χ3v) is 6.24. The highest BCUT2D eigenvalue weighted by Crippen LogP contribution is 2.28. The summed E-state index contributed by atoms with van der Waals surface area (Å²) >= 11 is 0. The minimum Gasteiger partial charge on any atom is -0.497 e.